The van der Waals surface area contributed by atoms with E-state index >= 15 is 0 Å². The van der Waals surface area contributed by atoms with Crippen LogP contribution < -0.4 is 16.3 Å². The maximum atomic E-state index is 12.4. The molecule has 2 aromatic rings. The molecule has 4 rings (SSSR count). The minimum atomic E-state index is 0. The van der Waals surface area contributed by atoms with Crippen LogP contribution in [-0.4, -0.2) is 44.7 Å². The number of thioether (sulfide) groups is 1. The molecule has 0 saturated heterocycles. The van der Waals surface area contributed by atoms with Gasteiger partial charge in [-0.05, 0) is 51.2 Å². The van der Waals surface area contributed by atoms with Crippen molar-refractivity contribution in [2.75, 3.05) is 19.6 Å². The molecule has 9 heteroatoms. The Kier molecular flexibility index (Phi) is 8.88. The largest absolute Gasteiger partial charge is 0.357 e. The van der Waals surface area contributed by atoms with Crippen LogP contribution in [0, 0.1) is 0 Å². The summed E-state index contributed by atoms with van der Waals surface area (Å²) in [6, 6.07) is 10.6. The molecule has 0 unspecified atom stereocenters. The van der Waals surface area contributed by atoms with E-state index in [1.165, 1.54) is 17.7 Å². The van der Waals surface area contributed by atoms with Crippen molar-refractivity contribution in [2.45, 2.75) is 68.2 Å². The first-order chi connectivity index (χ1) is 14.7. The summed E-state index contributed by atoms with van der Waals surface area (Å²) < 4.78 is 3.70. The lowest BCUT2D eigenvalue weighted by molar-refractivity contribution is 0.509. The number of rotatable bonds is 9. The van der Waals surface area contributed by atoms with Crippen molar-refractivity contribution >= 4 is 41.7 Å². The molecule has 1 saturated carbocycles. The third-order valence-electron chi connectivity index (χ3n) is 5.63. The monoisotopic (exact) mass is 556 g/mol. The van der Waals surface area contributed by atoms with Gasteiger partial charge in [0.15, 0.2) is 5.96 Å². The van der Waals surface area contributed by atoms with Crippen LogP contribution in [0.3, 0.4) is 0 Å². The Morgan fingerprint density at radius 1 is 1.23 bits per heavy atom. The predicted molar refractivity (Wildman–Crippen MR) is 138 cm³/mol. The van der Waals surface area contributed by atoms with Gasteiger partial charge in [-0.15, -0.1) is 35.7 Å². The summed E-state index contributed by atoms with van der Waals surface area (Å²) in [6.07, 6.45) is 6.38. The number of nitrogens with zero attached hydrogens (tertiary/aromatic N) is 4. The Hall–Kier alpha value is -1.49. The van der Waals surface area contributed by atoms with Crippen molar-refractivity contribution in [1.29, 1.82) is 0 Å². The molecule has 0 amide bonds. The van der Waals surface area contributed by atoms with Crippen LogP contribution in [-0.2, 0) is 19.5 Å². The first kappa shape index (κ1) is 24.2. The smallest absolute Gasteiger partial charge is 0.345 e. The second-order valence-corrected chi connectivity index (χ2v) is 9.65. The van der Waals surface area contributed by atoms with Gasteiger partial charge in [0.1, 0.15) is 5.82 Å². The average Bonchev–Trinajstić information content (AvgIpc) is 3.46. The number of guanidine groups is 1. The second kappa shape index (κ2) is 11.4. The van der Waals surface area contributed by atoms with Gasteiger partial charge in [0.25, 0.3) is 0 Å². The van der Waals surface area contributed by atoms with E-state index in [2.05, 4.69) is 53.0 Å². The number of fused-ring (bicyclic) bond motifs is 1. The van der Waals surface area contributed by atoms with Crippen molar-refractivity contribution < 1.29 is 0 Å². The van der Waals surface area contributed by atoms with E-state index in [0.717, 1.165) is 63.6 Å². The molecule has 2 aliphatic rings. The van der Waals surface area contributed by atoms with Gasteiger partial charge >= 0.3 is 5.69 Å². The summed E-state index contributed by atoms with van der Waals surface area (Å²) in [5.41, 5.74) is 0.0406. The quantitative estimate of drug-likeness (QED) is 0.215. The van der Waals surface area contributed by atoms with Crippen molar-refractivity contribution in [3.63, 3.8) is 0 Å². The number of hydrogen-bond acceptors (Lipinski definition) is 4. The Labute approximate surface area is 205 Å². The topological polar surface area (TPSA) is 76.2 Å². The molecule has 1 aliphatic carbocycles. The van der Waals surface area contributed by atoms with Gasteiger partial charge in [0.2, 0.25) is 0 Å². The molecule has 0 radical (unpaired) electrons. The molecule has 0 atom stereocenters. The zero-order valence-corrected chi connectivity index (χ0v) is 21.3. The second-order valence-electron chi connectivity index (χ2n) is 8.10. The van der Waals surface area contributed by atoms with E-state index in [9.17, 15) is 4.79 Å². The first-order valence-electron chi connectivity index (χ1n) is 11.1. The number of halogens is 1. The molecular weight excluding hydrogens is 523 g/mol. The predicted octanol–water partition coefficient (Wildman–Crippen LogP) is 3.27. The molecule has 0 bridgehead atoms. The minimum absolute atomic E-state index is 0. The molecule has 1 fully saturated rings. The Morgan fingerprint density at radius 3 is 2.74 bits per heavy atom. The third kappa shape index (κ3) is 6.50. The van der Waals surface area contributed by atoms with E-state index in [1.807, 2.05) is 16.3 Å². The Balaban J connectivity index is 0.00000272. The summed E-state index contributed by atoms with van der Waals surface area (Å²) in [6.45, 7) is 5.94. The van der Waals surface area contributed by atoms with Crippen LogP contribution in [0.5, 0.6) is 0 Å². The zero-order chi connectivity index (χ0) is 20.8. The van der Waals surface area contributed by atoms with Gasteiger partial charge in [0.05, 0.1) is 6.54 Å². The van der Waals surface area contributed by atoms with Crippen LogP contribution in [0.15, 0.2) is 45.0 Å². The number of aliphatic imine (C=N–C) groups is 1. The van der Waals surface area contributed by atoms with E-state index in [0.29, 0.717) is 6.54 Å². The van der Waals surface area contributed by atoms with E-state index in [-0.39, 0.29) is 34.4 Å². The highest BCUT2D eigenvalue weighted by atomic mass is 127. The van der Waals surface area contributed by atoms with Crippen LogP contribution >= 0.6 is 35.7 Å². The summed E-state index contributed by atoms with van der Waals surface area (Å²) in [5.74, 6) is 1.80. The number of benzene rings is 1. The molecule has 1 aliphatic heterocycles. The van der Waals surface area contributed by atoms with Crippen molar-refractivity contribution in [2.24, 2.45) is 4.99 Å². The fourth-order valence-corrected chi connectivity index (χ4v) is 4.99. The maximum Gasteiger partial charge on any atom is 0.345 e. The lowest BCUT2D eigenvalue weighted by Crippen LogP contribution is -2.39. The maximum absolute atomic E-state index is 12.4. The molecule has 170 valence electrons. The molecule has 7 nitrogen and oxygen atoms in total. The van der Waals surface area contributed by atoms with Gasteiger partial charge in [-0.25, -0.2) is 9.48 Å². The van der Waals surface area contributed by atoms with Crippen molar-refractivity contribution in [1.82, 2.24) is 25.0 Å². The molecule has 2 heterocycles. The number of hydrogen-bond donors (Lipinski definition) is 2. The van der Waals surface area contributed by atoms with Gasteiger partial charge in [-0.1, -0.05) is 18.2 Å². The first-order valence-corrected chi connectivity index (χ1v) is 11.9. The van der Waals surface area contributed by atoms with Crippen LogP contribution in [0.2, 0.25) is 0 Å². The summed E-state index contributed by atoms with van der Waals surface area (Å²) in [4.78, 5) is 18.6. The fourth-order valence-electron chi connectivity index (χ4n) is 3.77. The number of aromatic nitrogens is 3. The minimum Gasteiger partial charge on any atom is -0.357 e. The molecule has 31 heavy (non-hydrogen) atoms. The average molecular weight is 557 g/mol. The lowest BCUT2D eigenvalue weighted by atomic mass is 10.2. The van der Waals surface area contributed by atoms with Crippen LogP contribution in [0.25, 0.3) is 0 Å². The van der Waals surface area contributed by atoms with Gasteiger partial charge in [-0.2, -0.15) is 5.10 Å². The summed E-state index contributed by atoms with van der Waals surface area (Å²) >= 11 is 1.95. The summed E-state index contributed by atoms with van der Waals surface area (Å²) in [5, 5.41) is 11.3. The summed E-state index contributed by atoms with van der Waals surface area (Å²) in [7, 11) is 0. The van der Waals surface area contributed by atoms with E-state index < -0.39 is 0 Å². The van der Waals surface area contributed by atoms with Gasteiger partial charge in [-0.3, -0.25) is 9.56 Å². The zero-order valence-electron chi connectivity index (χ0n) is 18.2. The number of aryl methyl sites for hydroxylation is 2. The number of nitrogens with one attached hydrogen (secondary N) is 2. The Morgan fingerprint density at radius 2 is 2.03 bits per heavy atom. The van der Waals surface area contributed by atoms with Crippen LogP contribution in [0.4, 0.5) is 0 Å². The van der Waals surface area contributed by atoms with Crippen molar-refractivity contribution in [3.05, 3.63) is 46.6 Å². The fraction of sp³-hybridized carbons (Fsp3) is 0.591. The van der Waals surface area contributed by atoms with E-state index in [1.54, 1.807) is 4.68 Å². The Bertz CT molecular complexity index is 922. The van der Waals surface area contributed by atoms with Crippen LogP contribution in [0.1, 0.15) is 44.9 Å². The molecular formula is C22H33IN6OS. The molecule has 1 aromatic heterocycles. The highest BCUT2D eigenvalue weighted by molar-refractivity contribution is 14.0. The molecule has 1 aromatic carbocycles. The third-order valence-corrected chi connectivity index (χ3v) is 7.10. The standard InChI is InChI=1S/C22H32N6OS.HI/c1-2-23-20(25-17-22(12-13-22)30-18-9-4-3-5-10-18)24-14-8-16-28-21(29)27-15-7-6-11-19(27)26-28;/h3-5,9-10H,2,6-8,11-17H2,1H3,(H2,23,24,25);1H. The van der Waals surface area contributed by atoms with Gasteiger partial charge in [0, 0.05) is 42.2 Å². The van der Waals surface area contributed by atoms with Gasteiger partial charge < -0.3 is 10.6 Å². The molecule has 0 spiro atoms. The highest BCUT2D eigenvalue weighted by Gasteiger charge is 2.43. The van der Waals surface area contributed by atoms with Crippen molar-refractivity contribution in [3.8, 4) is 0 Å². The normalized spacial score (nSPS) is 16.9. The lowest BCUT2D eigenvalue weighted by Gasteiger charge is -2.15. The molecule has 2 N–H and O–H groups in total. The highest BCUT2D eigenvalue weighted by Crippen LogP contribution is 2.51. The van der Waals surface area contributed by atoms with E-state index in [4.69, 9.17) is 4.99 Å². The SMILES string of the molecule is CCNC(=NCC1(Sc2ccccc2)CC1)NCCCn1nc2n(c1=O)CCCC2.I.